The minimum absolute atomic E-state index is 0.247. The quantitative estimate of drug-likeness (QED) is 0.683. The van der Waals surface area contributed by atoms with Gasteiger partial charge in [0.1, 0.15) is 17.0 Å². The number of methoxy groups -OCH3 is 1. The molecule has 0 spiro atoms. The van der Waals surface area contributed by atoms with E-state index in [1.807, 2.05) is 12.1 Å². The summed E-state index contributed by atoms with van der Waals surface area (Å²) in [6.07, 6.45) is 3.04. The van der Waals surface area contributed by atoms with E-state index in [4.69, 9.17) is 9.15 Å². The van der Waals surface area contributed by atoms with E-state index >= 15 is 0 Å². The van der Waals surface area contributed by atoms with Crippen molar-refractivity contribution in [1.29, 1.82) is 0 Å². The Morgan fingerprint density at radius 1 is 1.20 bits per heavy atom. The van der Waals surface area contributed by atoms with E-state index in [0.29, 0.717) is 22.7 Å². The lowest BCUT2D eigenvalue weighted by atomic mass is 10.1. The SMILES string of the molecule is COc1ccc2cc(C(=O)c3nccnc3C)oc2c1. The Balaban J connectivity index is 2.06. The van der Waals surface area contributed by atoms with E-state index < -0.39 is 0 Å². The lowest BCUT2D eigenvalue weighted by Gasteiger charge is -1.99. The molecular formula is C15H12N2O3. The summed E-state index contributed by atoms with van der Waals surface area (Å²) in [5, 5.41) is 0.843. The van der Waals surface area contributed by atoms with Crippen LogP contribution in [-0.4, -0.2) is 22.9 Å². The van der Waals surface area contributed by atoms with Crippen LogP contribution in [-0.2, 0) is 0 Å². The molecule has 5 heteroatoms. The second-order valence-corrected chi connectivity index (χ2v) is 4.33. The second kappa shape index (κ2) is 4.77. The van der Waals surface area contributed by atoms with Gasteiger partial charge in [-0.25, -0.2) is 4.98 Å². The first-order valence-corrected chi connectivity index (χ1v) is 6.09. The number of carbonyl (C=O) groups excluding carboxylic acids is 1. The summed E-state index contributed by atoms with van der Waals surface area (Å²) in [6, 6.07) is 7.11. The summed E-state index contributed by atoms with van der Waals surface area (Å²) >= 11 is 0. The van der Waals surface area contributed by atoms with Crippen LogP contribution in [0, 0.1) is 6.92 Å². The van der Waals surface area contributed by atoms with Gasteiger partial charge in [0.25, 0.3) is 0 Å². The van der Waals surface area contributed by atoms with Crippen LogP contribution in [0.2, 0.25) is 0 Å². The summed E-state index contributed by atoms with van der Waals surface area (Å²) in [4.78, 5) is 20.5. The van der Waals surface area contributed by atoms with Crippen molar-refractivity contribution in [2.45, 2.75) is 6.92 Å². The first-order valence-electron chi connectivity index (χ1n) is 6.09. The van der Waals surface area contributed by atoms with Crippen LogP contribution in [0.15, 0.2) is 41.1 Å². The molecule has 1 aromatic carbocycles. The maximum atomic E-state index is 12.4. The first kappa shape index (κ1) is 12.3. The number of benzene rings is 1. The van der Waals surface area contributed by atoms with Gasteiger partial charge < -0.3 is 9.15 Å². The molecule has 0 aliphatic heterocycles. The van der Waals surface area contributed by atoms with Crippen LogP contribution in [0.25, 0.3) is 11.0 Å². The van der Waals surface area contributed by atoms with Gasteiger partial charge in [-0.1, -0.05) is 0 Å². The molecule has 3 aromatic rings. The number of hydrogen-bond donors (Lipinski definition) is 0. The summed E-state index contributed by atoms with van der Waals surface area (Å²) in [7, 11) is 1.58. The standard InChI is InChI=1S/C15H12N2O3/c1-9-14(17-6-5-16-9)15(18)13-7-10-3-4-11(19-2)8-12(10)20-13/h3-8H,1-2H3. The smallest absolute Gasteiger partial charge is 0.248 e. The highest BCUT2D eigenvalue weighted by molar-refractivity contribution is 6.08. The number of ether oxygens (including phenoxy) is 1. The third kappa shape index (κ3) is 2.03. The van der Waals surface area contributed by atoms with E-state index in [1.165, 1.54) is 6.20 Å². The largest absolute Gasteiger partial charge is 0.497 e. The third-order valence-corrected chi connectivity index (χ3v) is 3.05. The van der Waals surface area contributed by atoms with Crippen molar-refractivity contribution < 1.29 is 13.9 Å². The zero-order chi connectivity index (χ0) is 14.1. The Morgan fingerprint density at radius 3 is 2.75 bits per heavy atom. The second-order valence-electron chi connectivity index (χ2n) is 4.33. The van der Waals surface area contributed by atoms with Crippen molar-refractivity contribution in [3.63, 3.8) is 0 Å². The van der Waals surface area contributed by atoms with E-state index in [9.17, 15) is 4.79 Å². The molecule has 0 aliphatic rings. The van der Waals surface area contributed by atoms with Gasteiger partial charge in [-0.15, -0.1) is 0 Å². The fourth-order valence-electron chi connectivity index (χ4n) is 2.00. The average molecular weight is 268 g/mol. The third-order valence-electron chi connectivity index (χ3n) is 3.05. The monoisotopic (exact) mass is 268 g/mol. The lowest BCUT2D eigenvalue weighted by Crippen LogP contribution is -2.06. The Kier molecular flexibility index (Phi) is 2.95. The molecule has 0 atom stereocenters. The van der Waals surface area contributed by atoms with Crippen LogP contribution in [0.4, 0.5) is 0 Å². The van der Waals surface area contributed by atoms with Crippen molar-refractivity contribution in [3.8, 4) is 5.75 Å². The molecule has 0 aliphatic carbocycles. The number of rotatable bonds is 3. The molecule has 5 nitrogen and oxygen atoms in total. The Hall–Kier alpha value is -2.69. The molecule has 100 valence electrons. The molecule has 3 rings (SSSR count). The number of aryl methyl sites for hydroxylation is 1. The Morgan fingerprint density at radius 2 is 2.00 bits per heavy atom. The minimum atomic E-state index is -0.272. The van der Waals surface area contributed by atoms with Gasteiger partial charge in [-0.3, -0.25) is 9.78 Å². The summed E-state index contributed by atoms with van der Waals surface area (Å²) in [5.41, 5.74) is 1.49. The maximum absolute atomic E-state index is 12.4. The summed E-state index contributed by atoms with van der Waals surface area (Å²) < 4.78 is 10.7. The maximum Gasteiger partial charge on any atom is 0.248 e. The number of carbonyl (C=O) groups is 1. The van der Waals surface area contributed by atoms with Crippen LogP contribution in [0.5, 0.6) is 5.75 Å². The number of ketones is 1. The van der Waals surface area contributed by atoms with E-state index in [2.05, 4.69) is 9.97 Å². The lowest BCUT2D eigenvalue weighted by molar-refractivity contribution is 0.101. The van der Waals surface area contributed by atoms with Gasteiger partial charge in [0, 0.05) is 23.8 Å². The number of nitrogens with zero attached hydrogens (tertiary/aromatic N) is 2. The number of fused-ring (bicyclic) bond motifs is 1. The number of aromatic nitrogens is 2. The molecular weight excluding hydrogens is 256 g/mol. The normalized spacial score (nSPS) is 10.7. The molecule has 0 radical (unpaired) electrons. The highest BCUT2D eigenvalue weighted by Gasteiger charge is 2.18. The molecule has 0 saturated carbocycles. The predicted molar refractivity (Wildman–Crippen MR) is 73.0 cm³/mol. The molecule has 0 N–H and O–H groups in total. The summed E-state index contributed by atoms with van der Waals surface area (Å²) in [6.45, 7) is 1.74. The zero-order valence-corrected chi connectivity index (χ0v) is 11.1. The van der Waals surface area contributed by atoms with Gasteiger partial charge in [0.15, 0.2) is 5.76 Å². The van der Waals surface area contributed by atoms with Crippen molar-refractivity contribution in [2.24, 2.45) is 0 Å². The van der Waals surface area contributed by atoms with Crippen molar-refractivity contribution in [3.05, 3.63) is 53.8 Å². The van der Waals surface area contributed by atoms with Crippen molar-refractivity contribution >= 4 is 16.8 Å². The van der Waals surface area contributed by atoms with E-state index in [-0.39, 0.29) is 11.5 Å². The molecule has 20 heavy (non-hydrogen) atoms. The van der Waals surface area contributed by atoms with E-state index in [1.54, 1.807) is 32.4 Å². The van der Waals surface area contributed by atoms with E-state index in [0.717, 1.165) is 5.39 Å². The minimum Gasteiger partial charge on any atom is -0.497 e. The molecule has 2 heterocycles. The van der Waals surface area contributed by atoms with Gasteiger partial charge in [0.05, 0.1) is 12.8 Å². The highest BCUT2D eigenvalue weighted by Crippen LogP contribution is 2.25. The highest BCUT2D eigenvalue weighted by atomic mass is 16.5. The van der Waals surface area contributed by atoms with Gasteiger partial charge in [-0.05, 0) is 25.1 Å². The predicted octanol–water partition coefficient (Wildman–Crippen LogP) is 2.77. The first-order chi connectivity index (χ1) is 9.69. The zero-order valence-electron chi connectivity index (χ0n) is 11.1. The summed E-state index contributed by atoms with van der Waals surface area (Å²) in [5.74, 6) is 0.657. The molecule has 0 bridgehead atoms. The topological polar surface area (TPSA) is 65.2 Å². The van der Waals surface area contributed by atoms with Crippen LogP contribution in [0.1, 0.15) is 21.9 Å². The molecule has 2 aromatic heterocycles. The molecule has 0 saturated heterocycles. The van der Waals surface area contributed by atoms with Crippen LogP contribution < -0.4 is 4.74 Å². The fraction of sp³-hybridized carbons (Fsp3) is 0.133. The number of hydrogen-bond acceptors (Lipinski definition) is 5. The molecule has 0 amide bonds. The Bertz CT molecular complexity index is 793. The van der Waals surface area contributed by atoms with Gasteiger partial charge in [-0.2, -0.15) is 0 Å². The van der Waals surface area contributed by atoms with Crippen molar-refractivity contribution in [2.75, 3.05) is 7.11 Å². The van der Waals surface area contributed by atoms with Crippen molar-refractivity contribution in [1.82, 2.24) is 9.97 Å². The van der Waals surface area contributed by atoms with Gasteiger partial charge in [0.2, 0.25) is 5.78 Å². The number of furan rings is 1. The fourth-order valence-corrected chi connectivity index (χ4v) is 2.00. The van der Waals surface area contributed by atoms with Gasteiger partial charge >= 0.3 is 0 Å². The average Bonchev–Trinajstić information content (AvgIpc) is 2.89. The van der Waals surface area contributed by atoms with Crippen LogP contribution in [0.3, 0.4) is 0 Å². The molecule has 0 unspecified atom stereocenters. The van der Waals surface area contributed by atoms with Crippen LogP contribution >= 0.6 is 0 Å². The molecule has 0 fully saturated rings. The Labute approximate surface area is 115 Å².